The highest BCUT2D eigenvalue weighted by Gasteiger charge is 2.21. The van der Waals surface area contributed by atoms with Gasteiger partial charge in [0.05, 0.1) is 19.2 Å². The molecule has 0 spiro atoms. The minimum absolute atomic E-state index is 0.159. The van der Waals surface area contributed by atoms with Crippen LogP contribution >= 0.6 is 11.6 Å². The third-order valence-electron chi connectivity index (χ3n) is 3.90. The van der Waals surface area contributed by atoms with Crippen LogP contribution in [0.25, 0.3) is 11.3 Å². The van der Waals surface area contributed by atoms with E-state index in [0.29, 0.717) is 33.5 Å². The van der Waals surface area contributed by atoms with Crippen molar-refractivity contribution >= 4 is 23.3 Å². The quantitative estimate of drug-likeness (QED) is 0.640. The summed E-state index contributed by atoms with van der Waals surface area (Å²) in [6.45, 7) is 1.60. The first kappa shape index (κ1) is 19.5. The molecule has 1 heterocycles. The summed E-state index contributed by atoms with van der Waals surface area (Å²) in [5.74, 6) is 1.21. The Labute approximate surface area is 166 Å². The maximum Gasteiger partial charge on any atom is 0.266 e. The average Bonchev–Trinajstić information content (AvgIpc) is 3.17. The lowest BCUT2D eigenvalue weighted by Gasteiger charge is -2.15. The lowest BCUT2D eigenvalue weighted by atomic mass is 10.1. The number of carbonyl (C=O) groups is 1. The lowest BCUT2D eigenvalue weighted by molar-refractivity contribution is -0.122. The molecule has 2 aromatic carbocycles. The van der Waals surface area contributed by atoms with E-state index < -0.39 is 12.0 Å². The van der Waals surface area contributed by atoms with Gasteiger partial charge in [-0.05, 0) is 47.6 Å². The topological polar surface area (TPSA) is 95.7 Å². The summed E-state index contributed by atoms with van der Waals surface area (Å²) in [6.07, 6.45) is -0.824. The van der Waals surface area contributed by atoms with E-state index in [2.05, 4.69) is 15.6 Å². The molecule has 1 N–H and O–H groups in total. The molecule has 0 fully saturated rings. The van der Waals surface area contributed by atoms with E-state index in [1.165, 1.54) is 7.11 Å². The van der Waals surface area contributed by atoms with Crippen molar-refractivity contribution in [2.45, 2.75) is 13.0 Å². The zero-order chi connectivity index (χ0) is 20.1. The van der Waals surface area contributed by atoms with Gasteiger partial charge in [0, 0.05) is 5.56 Å². The van der Waals surface area contributed by atoms with Gasteiger partial charge in [0.15, 0.2) is 23.3 Å². The zero-order valence-corrected chi connectivity index (χ0v) is 16.2. The number of nitrogens with zero attached hydrogens (tertiary/aromatic N) is 2. The second kappa shape index (κ2) is 8.62. The number of hydrogen-bond donors (Lipinski definition) is 1. The maximum atomic E-state index is 12.5. The summed E-state index contributed by atoms with van der Waals surface area (Å²) < 4.78 is 20.9. The molecule has 28 heavy (non-hydrogen) atoms. The first-order valence-electron chi connectivity index (χ1n) is 8.30. The summed E-state index contributed by atoms with van der Waals surface area (Å²) in [5.41, 5.74) is 0.980. The Hall–Kier alpha value is -3.26. The summed E-state index contributed by atoms with van der Waals surface area (Å²) in [6, 6.07) is 12.1. The highest BCUT2D eigenvalue weighted by molar-refractivity contribution is 6.32. The van der Waals surface area contributed by atoms with Crippen molar-refractivity contribution in [1.82, 2.24) is 10.3 Å². The van der Waals surface area contributed by atoms with Crippen LogP contribution in [0, 0.1) is 0 Å². The predicted molar refractivity (Wildman–Crippen MR) is 103 cm³/mol. The number of halogens is 1. The third kappa shape index (κ3) is 4.17. The molecule has 0 aliphatic rings. The highest BCUT2D eigenvalue weighted by atomic mass is 35.5. The minimum Gasteiger partial charge on any atom is -0.493 e. The fraction of sp³-hybridized carbons (Fsp3) is 0.211. The molecule has 3 aromatic rings. The molecule has 0 aliphatic carbocycles. The van der Waals surface area contributed by atoms with Gasteiger partial charge in [-0.3, -0.25) is 4.79 Å². The summed E-state index contributed by atoms with van der Waals surface area (Å²) in [5, 5.41) is 10.7. The second-order valence-corrected chi connectivity index (χ2v) is 6.12. The predicted octanol–water partition coefficient (Wildman–Crippen LogP) is 3.81. The van der Waals surface area contributed by atoms with E-state index >= 15 is 0 Å². The Balaban J connectivity index is 1.77. The van der Waals surface area contributed by atoms with Crippen LogP contribution in [0.15, 0.2) is 47.1 Å². The standard InChI is InChI=1S/C19H18ClN3O5/c1-11(27-14-7-5-4-6-13(14)20)19(24)21-18-17(22-28-23-18)12-8-9-15(25-2)16(10-12)26-3/h4-11H,1-3H3,(H,21,23,24)/t11-/m0/s1. The Morgan fingerprint density at radius 1 is 1.07 bits per heavy atom. The monoisotopic (exact) mass is 403 g/mol. The summed E-state index contributed by atoms with van der Waals surface area (Å²) in [7, 11) is 3.07. The third-order valence-corrected chi connectivity index (χ3v) is 4.21. The van der Waals surface area contributed by atoms with Crippen molar-refractivity contribution < 1.29 is 23.6 Å². The van der Waals surface area contributed by atoms with Gasteiger partial charge in [0.25, 0.3) is 5.91 Å². The first-order chi connectivity index (χ1) is 13.5. The maximum absolute atomic E-state index is 12.5. The van der Waals surface area contributed by atoms with Crippen molar-refractivity contribution in [2.24, 2.45) is 0 Å². The Kier molecular flexibility index (Phi) is 6.00. The molecule has 146 valence electrons. The fourth-order valence-corrected chi connectivity index (χ4v) is 2.63. The van der Waals surface area contributed by atoms with E-state index in [9.17, 15) is 4.79 Å². The SMILES string of the molecule is COc1ccc(-c2nonc2NC(=O)[C@H](C)Oc2ccccc2Cl)cc1OC. The molecule has 9 heteroatoms. The van der Waals surface area contributed by atoms with Gasteiger partial charge in [-0.25, -0.2) is 4.63 Å². The zero-order valence-electron chi connectivity index (χ0n) is 15.4. The average molecular weight is 404 g/mol. The molecule has 8 nitrogen and oxygen atoms in total. The van der Waals surface area contributed by atoms with Crippen molar-refractivity contribution in [1.29, 1.82) is 0 Å². The van der Waals surface area contributed by atoms with E-state index in [1.54, 1.807) is 56.5 Å². The van der Waals surface area contributed by atoms with Crippen LogP contribution in [0.4, 0.5) is 5.82 Å². The molecule has 0 aliphatic heterocycles. The summed E-state index contributed by atoms with van der Waals surface area (Å²) in [4.78, 5) is 12.5. The number of hydrogen-bond acceptors (Lipinski definition) is 7. The van der Waals surface area contributed by atoms with Gasteiger partial charge in [-0.15, -0.1) is 0 Å². The molecular weight excluding hydrogens is 386 g/mol. The van der Waals surface area contributed by atoms with Crippen molar-refractivity contribution in [3.05, 3.63) is 47.5 Å². The van der Waals surface area contributed by atoms with Crippen molar-refractivity contribution in [3.63, 3.8) is 0 Å². The largest absolute Gasteiger partial charge is 0.493 e. The Morgan fingerprint density at radius 3 is 2.54 bits per heavy atom. The molecule has 0 radical (unpaired) electrons. The number of carbonyl (C=O) groups excluding carboxylic acids is 1. The van der Waals surface area contributed by atoms with E-state index in [4.69, 9.17) is 30.4 Å². The van der Waals surface area contributed by atoms with Crippen LogP contribution in [0.1, 0.15) is 6.92 Å². The Bertz CT molecular complexity index is 976. The second-order valence-electron chi connectivity index (χ2n) is 5.71. The molecule has 0 saturated carbocycles. The van der Waals surface area contributed by atoms with Gasteiger partial charge in [0.2, 0.25) is 5.82 Å². The molecule has 3 rings (SSSR count). The number of amides is 1. The molecular formula is C19H18ClN3O5. The van der Waals surface area contributed by atoms with Gasteiger partial charge < -0.3 is 19.5 Å². The minimum atomic E-state index is -0.824. The van der Waals surface area contributed by atoms with Gasteiger partial charge in [-0.2, -0.15) is 0 Å². The normalized spacial score (nSPS) is 11.6. The number of para-hydroxylation sites is 1. The molecule has 0 bridgehead atoms. The van der Waals surface area contributed by atoms with Gasteiger partial charge in [-0.1, -0.05) is 23.7 Å². The van der Waals surface area contributed by atoms with Crippen LogP contribution in [-0.2, 0) is 4.79 Å². The van der Waals surface area contributed by atoms with Crippen molar-refractivity contribution in [2.75, 3.05) is 19.5 Å². The van der Waals surface area contributed by atoms with E-state index in [0.717, 1.165) is 0 Å². The number of anilines is 1. The smallest absolute Gasteiger partial charge is 0.266 e. The van der Waals surface area contributed by atoms with Crippen LogP contribution in [0.5, 0.6) is 17.2 Å². The van der Waals surface area contributed by atoms with E-state index in [1.807, 2.05) is 0 Å². The number of benzene rings is 2. The van der Waals surface area contributed by atoms with Crippen LogP contribution in [0.3, 0.4) is 0 Å². The number of ether oxygens (including phenoxy) is 3. The van der Waals surface area contributed by atoms with E-state index in [-0.39, 0.29) is 5.82 Å². The number of rotatable bonds is 7. The molecule has 0 saturated heterocycles. The van der Waals surface area contributed by atoms with Crippen LogP contribution in [-0.4, -0.2) is 36.5 Å². The number of methoxy groups -OCH3 is 2. The molecule has 1 aromatic heterocycles. The molecule has 0 unspecified atom stereocenters. The number of aromatic nitrogens is 2. The van der Waals surface area contributed by atoms with Gasteiger partial charge >= 0.3 is 0 Å². The summed E-state index contributed by atoms with van der Waals surface area (Å²) >= 11 is 6.06. The fourth-order valence-electron chi connectivity index (χ4n) is 2.45. The van der Waals surface area contributed by atoms with Crippen LogP contribution < -0.4 is 19.5 Å². The molecule has 1 atom stereocenters. The lowest BCUT2D eigenvalue weighted by Crippen LogP contribution is -2.30. The highest BCUT2D eigenvalue weighted by Crippen LogP contribution is 2.34. The first-order valence-corrected chi connectivity index (χ1v) is 8.68. The van der Waals surface area contributed by atoms with Crippen LogP contribution in [0.2, 0.25) is 5.02 Å². The van der Waals surface area contributed by atoms with Crippen molar-refractivity contribution in [3.8, 4) is 28.5 Å². The molecule has 1 amide bonds. The van der Waals surface area contributed by atoms with Gasteiger partial charge in [0.1, 0.15) is 5.75 Å². The number of nitrogens with one attached hydrogen (secondary N) is 1. The Morgan fingerprint density at radius 2 is 1.82 bits per heavy atom.